The number of rotatable bonds is 11. The van der Waals surface area contributed by atoms with E-state index in [1.165, 1.54) is 0 Å². The zero-order valence-corrected chi connectivity index (χ0v) is 14.0. The van der Waals surface area contributed by atoms with Crippen LogP contribution in [0.3, 0.4) is 0 Å². The summed E-state index contributed by atoms with van der Waals surface area (Å²) in [6, 6.07) is 5.84. The van der Waals surface area contributed by atoms with Crippen LogP contribution in [-0.4, -0.2) is 54.8 Å². The van der Waals surface area contributed by atoms with Gasteiger partial charge >= 0.3 is 0 Å². The molecule has 0 radical (unpaired) electrons. The predicted octanol–water partition coefficient (Wildman–Crippen LogP) is 2.30. The third-order valence-electron chi connectivity index (χ3n) is 3.32. The lowest BCUT2D eigenvalue weighted by molar-refractivity contribution is -0.143. The minimum atomic E-state index is -0.435. The molecule has 1 aromatic rings. The van der Waals surface area contributed by atoms with Crippen molar-refractivity contribution in [2.24, 2.45) is 0 Å². The number of amides is 1. The summed E-state index contributed by atoms with van der Waals surface area (Å²) >= 11 is 0. The lowest BCUT2D eigenvalue weighted by Crippen LogP contribution is -2.41. The first-order valence-corrected chi connectivity index (χ1v) is 8.07. The third kappa shape index (κ3) is 7.00. The van der Waals surface area contributed by atoms with Gasteiger partial charge in [0.2, 0.25) is 0 Å². The molecule has 5 heteroatoms. The first kappa shape index (κ1) is 18.6. The maximum Gasteiger partial charge on any atom is 0.251 e. The van der Waals surface area contributed by atoms with Gasteiger partial charge in [0.05, 0.1) is 13.2 Å². The second-order valence-electron chi connectivity index (χ2n) is 5.11. The van der Waals surface area contributed by atoms with Gasteiger partial charge in [-0.2, -0.15) is 0 Å². The van der Waals surface area contributed by atoms with Crippen molar-refractivity contribution in [1.82, 2.24) is 9.88 Å². The number of ether oxygens (including phenoxy) is 2. The Labute approximate surface area is 133 Å². The molecule has 0 aliphatic heterocycles. The Morgan fingerprint density at radius 1 is 1.27 bits per heavy atom. The van der Waals surface area contributed by atoms with E-state index in [4.69, 9.17) is 9.47 Å². The van der Waals surface area contributed by atoms with Gasteiger partial charge in [-0.1, -0.05) is 13.0 Å². The van der Waals surface area contributed by atoms with Crippen LogP contribution in [0.1, 0.15) is 32.9 Å². The Morgan fingerprint density at radius 2 is 2.09 bits per heavy atom. The molecule has 0 N–H and O–H groups in total. The average molecular weight is 308 g/mol. The lowest BCUT2D eigenvalue weighted by Gasteiger charge is -2.25. The number of hydrogen-bond donors (Lipinski definition) is 0. The Bertz CT molecular complexity index is 412. The molecule has 1 amide bonds. The highest BCUT2D eigenvalue weighted by Gasteiger charge is 2.20. The molecule has 0 bridgehead atoms. The van der Waals surface area contributed by atoms with Gasteiger partial charge in [0.15, 0.2) is 0 Å². The van der Waals surface area contributed by atoms with Crippen molar-refractivity contribution in [3.63, 3.8) is 0 Å². The molecule has 0 saturated heterocycles. The van der Waals surface area contributed by atoms with Crippen molar-refractivity contribution < 1.29 is 14.3 Å². The fourth-order valence-corrected chi connectivity index (χ4v) is 2.15. The number of carbonyl (C=O) groups is 1. The first-order valence-electron chi connectivity index (χ1n) is 8.07. The van der Waals surface area contributed by atoms with Gasteiger partial charge in [-0.15, -0.1) is 0 Å². The lowest BCUT2D eigenvalue weighted by atomic mass is 10.2. The molecule has 0 aliphatic carbocycles. The summed E-state index contributed by atoms with van der Waals surface area (Å²) in [6.45, 7) is 8.86. The number of hydrogen-bond acceptors (Lipinski definition) is 4. The summed E-state index contributed by atoms with van der Waals surface area (Å²) in [6.07, 6.45) is 3.04. The molecule has 1 heterocycles. The summed E-state index contributed by atoms with van der Waals surface area (Å²) in [5.41, 5.74) is 1.00. The van der Waals surface area contributed by atoms with Gasteiger partial charge in [-0.05, 0) is 32.4 Å². The molecular formula is C17H28N2O3. The number of aromatic nitrogens is 1. The summed E-state index contributed by atoms with van der Waals surface area (Å²) in [5.74, 6) is 0.0364. The van der Waals surface area contributed by atoms with Crippen molar-refractivity contribution in [1.29, 1.82) is 0 Å². The topological polar surface area (TPSA) is 51.7 Å². The van der Waals surface area contributed by atoms with E-state index in [1.807, 2.05) is 30.0 Å². The largest absolute Gasteiger partial charge is 0.379 e. The quantitative estimate of drug-likeness (QED) is 0.589. The number of pyridine rings is 1. The number of nitrogens with zero attached hydrogens (tertiary/aromatic N) is 2. The summed E-state index contributed by atoms with van der Waals surface area (Å²) in [4.78, 5) is 18.6. The van der Waals surface area contributed by atoms with Crippen LogP contribution in [-0.2, 0) is 20.7 Å². The predicted molar refractivity (Wildman–Crippen MR) is 86.7 cm³/mol. The SMILES string of the molecule is CCCN(CCc1ccccn1)C(=O)C(C)OCCOCC. The minimum Gasteiger partial charge on any atom is -0.379 e. The van der Waals surface area contributed by atoms with Crippen LogP contribution in [0, 0.1) is 0 Å². The maximum atomic E-state index is 12.5. The smallest absolute Gasteiger partial charge is 0.251 e. The van der Waals surface area contributed by atoms with Crippen LogP contribution >= 0.6 is 0 Å². The molecule has 0 aromatic carbocycles. The fourth-order valence-electron chi connectivity index (χ4n) is 2.15. The van der Waals surface area contributed by atoms with Crippen LogP contribution in [0.5, 0.6) is 0 Å². The Balaban J connectivity index is 2.44. The van der Waals surface area contributed by atoms with Gasteiger partial charge in [0.1, 0.15) is 6.10 Å². The molecule has 0 spiro atoms. The van der Waals surface area contributed by atoms with Crippen molar-refractivity contribution in [2.75, 3.05) is 32.9 Å². The van der Waals surface area contributed by atoms with E-state index in [9.17, 15) is 4.79 Å². The third-order valence-corrected chi connectivity index (χ3v) is 3.32. The van der Waals surface area contributed by atoms with Crippen molar-refractivity contribution in [2.45, 2.75) is 39.7 Å². The summed E-state index contributed by atoms with van der Waals surface area (Å²) < 4.78 is 10.8. The molecular weight excluding hydrogens is 280 g/mol. The van der Waals surface area contributed by atoms with E-state index in [0.29, 0.717) is 26.4 Å². The van der Waals surface area contributed by atoms with Gasteiger partial charge in [0, 0.05) is 38.0 Å². The molecule has 22 heavy (non-hydrogen) atoms. The molecule has 0 saturated carbocycles. The fraction of sp³-hybridized carbons (Fsp3) is 0.647. The second-order valence-corrected chi connectivity index (χ2v) is 5.11. The van der Waals surface area contributed by atoms with Crippen LogP contribution in [0.4, 0.5) is 0 Å². The van der Waals surface area contributed by atoms with E-state index in [-0.39, 0.29) is 5.91 Å². The molecule has 0 aliphatic rings. The molecule has 0 fully saturated rings. The van der Waals surface area contributed by atoms with Crippen LogP contribution < -0.4 is 0 Å². The van der Waals surface area contributed by atoms with Gasteiger partial charge in [-0.25, -0.2) is 0 Å². The highest BCUT2D eigenvalue weighted by atomic mass is 16.5. The monoisotopic (exact) mass is 308 g/mol. The highest BCUT2D eigenvalue weighted by Crippen LogP contribution is 2.04. The molecule has 1 unspecified atom stereocenters. The number of carbonyl (C=O) groups excluding carboxylic acids is 1. The zero-order chi connectivity index (χ0) is 16.2. The summed E-state index contributed by atoms with van der Waals surface area (Å²) in [5, 5.41) is 0. The maximum absolute atomic E-state index is 12.5. The minimum absolute atomic E-state index is 0.0364. The molecule has 124 valence electrons. The van der Waals surface area contributed by atoms with E-state index in [1.54, 1.807) is 13.1 Å². The standard InChI is InChI=1S/C17H28N2O3/c1-4-11-19(12-9-16-8-6-7-10-18-16)17(20)15(3)22-14-13-21-5-2/h6-8,10,15H,4-5,9,11-14H2,1-3H3. The van der Waals surface area contributed by atoms with E-state index in [0.717, 1.165) is 25.1 Å². The molecule has 1 atom stereocenters. The van der Waals surface area contributed by atoms with Crippen LogP contribution in [0.2, 0.25) is 0 Å². The molecule has 1 aromatic heterocycles. The van der Waals surface area contributed by atoms with Crippen molar-refractivity contribution in [3.8, 4) is 0 Å². The van der Waals surface area contributed by atoms with E-state index in [2.05, 4.69) is 11.9 Å². The summed E-state index contributed by atoms with van der Waals surface area (Å²) in [7, 11) is 0. The Hall–Kier alpha value is -1.46. The van der Waals surface area contributed by atoms with Crippen LogP contribution in [0.25, 0.3) is 0 Å². The second kappa shape index (κ2) is 11.2. The van der Waals surface area contributed by atoms with Crippen LogP contribution in [0.15, 0.2) is 24.4 Å². The first-order chi connectivity index (χ1) is 10.7. The van der Waals surface area contributed by atoms with Crippen molar-refractivity contribution >= 4 is 5.91 Å². The van der Waals surface area contributed by atoms with E-state index < -0.39 is 6.10 Å². The highest BCUT2D eigenvalue weighted by molar-refractivity contribution is 5.80. The Morgan fingerprint density at radius 3 is 2.73 bits per heavy atom. The van der Waals surface area contributed by atoms with Gasteiger partial charge in [0.25, 0.3) is 5.91 Å². The normalized spacial score (nSPS) is 12.1. The zero-order valence-electron chi connectivity index (χ0n) is 14.0. The molecule has 1 rings (SSSR count). The van der Waals surface area contributed by atoms with Crippen molar-refractivity contribution in [3.05, 3.63) is 30.1 Å². The van der Waals surface area contributed by atoms with E-state index >= 15 is 0 Å². The van der Waals surface area contributed by atoms with Gasteiger partial charge in [-0.3, -0.25) is 9.78 Å². The average Bonchev–Trinajstić information content (AvgIpc) is 2.55. The Kier molecular flexibility index (Phi) is 9.42. The molecule has 5 nitrogen and oxygen atoms in total. The van der Waals surface area contributed by atoms with Gasteiger partial charge < -0.3 is 14.4 Å².